The Labute approximate surface area is 214 Å². The van der Waals surface area contributed by atoms with Crippen molar-refractivity contribution in [1.82, 2.24) is 0 Å². The first-order valence-corrected chi connectivity index (χ1v) is 12.9. The van der Waals surface area contributed by atoms with Gasteiger partial charge in [-0.2, -0.15) is 0 Å². The van der Waals surface area contributed by atoms with E-state index in [0.717, 1.165) is 0 Å². The normalized spacial score (nSPS) is 50.7. The zero-order chi connectivity index (χ0) is 28.7. The summed E-state index contributed by atoms with van der Waals surface area (Å²) < 4.78 is 37.4. The SMILES string of the molecule is N[C@H]1[C@@H](O[C@@H]2[C@H](O)[C@@H](O)[C@H](O)[C@@H](O)[C@H]2OP(=O)(O)O)O[C@H](CO)[C@@H](O[C@H]2O[C@H](CO)[C@H](O)[C@H](O)[C@H]2O)[C@@H]1O. The molecule has 20 heteroatoms. The van der Waals surface area contributed by atoms with Gasteiger partial charge in [0.25, 0.3) is 0 Å². The highest BCUT2D eigenvalue weighted by atomic mass is 31.2. The van der Waals surface area contributed by atoms with Crippen LogP contribution < -0.4 is 5.73 Å². The molecule has 0 bridgehead atoms. The van der Waals surface area contributed by atoms with Gasteiger partial charge in [0.15, 0.2) is 12.6 Å². The second-order valence-electron chi connectivity index (χ2n) is 9.22. The second kappa shape index (κ2) is 12.6. The lowest BCUT2D eigenvalue weighted by molar-refractivity contribution is -0.356. The van der Waals surface area contributed by atoms with Crippen molar-refractivity contribution >= 4 is 7.82 Å². The van der Waals surface area contributed by atoms with Gasteiger partial charge in [-0.25, -0.2) is 4.57 Å². The van der Waals surface area contributed by atoms with Gasteiger partial charge in [-0.15, -0.1) is 0 Å². The van der Waals surface area contributed by atoms with Crippen LogP contribution in [0.25, 0.3) is 0 Å². The van der Waals surface area contributed by atoms with Gasteiger partial charge in [0.05, 0.1) is 19.3 Å². The molecule has 2 heterocycles. The fourth-order valence-corrected chi connectivity index (χ4v) is 5.05. The molecule has 3 rings (SSSR count). The number of ether oxygens (including phenoxy) is 4. The summed E-state index contributed by atoms with van der Waals surface area (Å²) in [6, 6.07) is -1.63. The van der Waals surface area contributed by atoms with E-state index in [1.165, 1.54) is 0 Å². The zero-order valence-electron chi connectivity index (χ0n) is 19.5. The number of nitrogens with two attached hydrogens (primary N) is 1. The number of hydrogen-bond donors (Lipinski definition) is 13. The van der Waals surface area contributed by atoms with Crippen LogP contribution in [0.3, 0.4) is 0 Å². The molecule has 14 N–H and O–H groups in total. The van der Waals surface area contributed by atoms with Gasteiger partial charge in [-0.1, -0.05) is 0 Å². The summed E-state index contributed by atoms with van der Waals surface area (Å²) in [5.41, 5.74) is 5.96. The number of phosphoric acid groups is 1. The van der Waals surface area contributed by atoms with Crippen LogP contribution in [0.5, 0.6) is 0 Å². The Kier molecular flexibility index (Phi) is 10.6. The summed E-state index contributed by atoms with van der Waals surface area (Å²) in [5.74, 6) is 0. The first-order valence-electron chi connectivity index (χ1n) is 11.4. The second-order valence-corrected chi connectivity index (χ2v) is 10.4. The summed E-state index contributed by atoms with van der Waals surface area (Å²) >= 11 is 0. The Morgan fingerprint density at radius 3 is 1.61 bits per heavy atom. The fraction of sp³-hybridized carbons (Fsp3) is 1.00. The lowest BCUT2D eigenvalue weighted by Crippen LogP contribution is -2.69. The van der Waals surface area contributed by atoms with Crippen molar-refractivity contribution in [3.8, 4) is 0 Å². The predicted molar refractivity (Wildman–Crippen MR) is 114 cm³/mol. The number of phosphoric ester groups is 1. The van der Waals surface area contributed by atoms with Crippen LogP contribution in [-0.4, -0.2) is 172 Å². The molecule has 1 aliphatic carbocycles. The summed E-state index contributed by atoms with van der Waals surface area (Å²) in [5, 5.41) is 100. The Bertz CT molecular complexity index is 816. The van der Waals surface area contributed by atoms with Crippen molar-refractivity contribution < 1.29 is 88.9 Å². The van der Waals surface area contributed by atoms with E-state index in [4.69, 9.17) is 24.7 Å². The molecule has 0 aromatic carbocycles. The number of hydrogen-bond acceptors (Lipinski definition) is 17. The molecule has 38 heavy (non-hydrogen) atoms. The van der Waals surface area contributed by atoms with Crippen LogP contribution in [0, 0.1) is 0 Å². The minimum Gasteiger partial charge on any atom is -0.394 e. The minimum atomic E-state index is -5.35. The maximum atomic E-state index is 11.4. The van der Waals surface area contributed by atoms with Crippen LogP contribution in [-0.2, 0) is 28.0 Å². The van der Waals surface area contributed by atoms with E-state index in [9.17, 15) is 65.4 Å². The third-order valence-electron chi connectivity index (χ3n) is 6.64. The largest absolute Gasteiger partial charge is 0.470 e. The highest BCUT2D eigenvalue weighted by molar-refractivity contribution is 7.46. The maximum Gasteiger partial charge on any atom is 0.470 e. The highest BCUT2D eigenvalue weighted by Gasteiger charge is 2.55. The molecule has 19 nitrogen and oxygen atoms in total. The van der Waals surface area contributed by atoms with Crippen LogP contribution in [0.1, 0.15) is 0 Å². The number of aliphatic hydroxyl groups excluding tert-OH is 10. The highest BCUT2D eigenvalue weighted by Crippen LogP contribution is 2.42. The molecule has 1 saturated carbocycles. The summed E-state index contributed by atoms with van der Waals surface area (Å²) in [6.45, 7) is -1.67. The van der Waals surface area contributed by atoms with E-state index in [1.54, 1.807) is 0 Å². The van der Waals surface area contributed by atoms with Crippen molar-refractivity contribution in [3.05, 3.63) is 0 Å². The van der Waals surface area contributed by atoms with Gasteiger partial charge >= 0.3 is 7.82 Å². The van der Waals surface area contributed by atoms with Gasteiger partial charge in [-0.3, -0.25) is 4.52 Å². The first-order chi connectivity index (χ1) is 17.6. The fourth-order valence-electron chi connectivity index (χ4n) is 4.49. The third-order valence-corrected chi connectivity index (χ3v) is 7.16. The first kappa shape index (κ1) is 32.0. The lowest BCUT2D eigenvalue weighted by atomic mass is 9.84. The molecular formula is C18H34NO18P. The average Bonchev–Trinajstić information content (AvgIpc) is 2.86. The third kappa shape index (κ3) is 6.52. The quantitative estimate of drug-likeness (QED) is 0.118. The Morgan fingerprint density at radius 2 is 1.08 bits per heavy atom. The lowest BCUT2D eigenvalue weighted by Gasteiger charge is -2.49. The molecule has 0 aromatic heterocycles. The van der Waals surface area contributed by atoms with Gasteiger partial charge in [0.2, 0.25) is 0 Å². The molecular weight excluding hydrogens is 549 g/mol. The van der Waals surface area contributed by atoms with Gasteiger partial charge in [0, 0.05) is 0 Å². The standard InChI is InChI=1S/C18H34NO18P/c19-5-7(23)14(35-18-13(29)8(24)6(22)3(1-20)33-18)4(2-21)34-17(5)36-15-11(27)9(25)10(26)12(28)16(15)37-38(30,31)32/h3-18,20-29H,1-2,19H2,(H2,30,31,32)/t3-,4-,5-,6+,7-,8+,9+,10+,11-,12-,13-,14-,15-,16-,17-,18-/m1/s1. The van der Waals surface area contributed by atoms with Crippen molar-refractivity contribution in [2.75, 3.05) is 13.2 Å². The Balaban J connectivity index is 1.79. The Hall–Kier alpha value is -0.490. The molecule has 0 unspecified atom stereocenters. The van der Waals surface area contributed by atoms with Crippen molar-refractivity contribution in [2.45, 2.75) is 98.0 Å². The van der Waals surface area contributed by atoms with Crippen molar-refractivity contribution in [3.63, 3.8) is 0 Å². The van der Waals surface area contributed by atoms with E-state index >= 15 is 0 Å². The molecule has 3 fully saturated rings. The maximum absolute atomic E-state index is 11.4. The van der Waals surface area contributed by atoms with Crippen LogP contribution in [0.2, 0.25) is 0 Å². The molecule has 224 valence electrons. The van der Waals surface area contributed by atoms with Crippen molar-refractivity contribution in [2.24, 2.45) is 5.73 Å². The van der Waals surface area contributed by atoms with E-state index in [-0.39, 0.29) is 0 Å². The molecule has 2 aliphatic heterocycles. The van der Waals surface area contributed by atoms with Gasteiger partial charge in [0.1, 0.15) is 79.4 Å². The smallest absolute Gasteiger partial charge is 0.394 e. The molecule has 0 aromatic rings. The van der Waals surface area contributed by atoms with Gasteiger partial charge in [-0.05, 0) is 0 Å². The summed E-state index contributed by atoms with van der Waals surface area (Å²) in [7, 11) is -5.35. The minimum absolute atomic E-state index is 0.776. The van der Waals surface area contributed by atoms with Crippen LogP contribution >= 0.6 is 7.82 Å². The molecule has 16 atom stereocenters. The average molecular weight is 583 g/mol. The van der Waals surface area contributed by atoms with Crippen LogP contribution in [0.15, 0.2) is 0 Å². The molecule has 0 radical (unpaired) electrons. The Morgan fingerprint density at radius 1 is 0.605 bits per heavy atom. The topological polar surface area (TPSA) is 332 Å². The molecule has 0 amide bonds. The van der Waals surface area contributed by atoms with Crippen LogP contribution in [0.4, 0.5) is 0 Å². The van der Waals surface area contributed by atoms with E-state index in [1.807, 2.05) is 0 Å². The summed E-state index contributed by atoms with van der Waals surface area (Å²) in [4.78, 5) is 18.4. The zero-order valence-corrected chi connectivity index (χ0v) is 20.4. The summed E-state index contributed by atoms with van der Waals surface area (Å²) in [6.07, 6.45) is -27.8. The predicted octanol–water partition coefficient (Wildman–Crippen LogP) is -8.10. The monoisotopic (exact) mass is 583 g/mol. The van der Waals surface area contributed by atoms with Gasteiger partial charge < -0.3 is 85.5 Å². The number of aliphatic hydroxyl groups is 10. The molecule has 3 aliphatic rings. The number of rotatable bonds is 8. The molecule has 0 spiro atoms. The van der Waals surface area contributed by atoms with E-state index in [0.29, 0.717) is 0 Å². The van der Waals surface area contributed by atoms with E-state index in [2.05, 4.69) is 4.52 Å². The molecule has 2 saturated heterocycles. The van der Waals surface area contributed by atoms with E-state index < -0.39 is 119 Å². The van der Waals surface area contributed by atoms with Crippen molar-refractivity contribution in [1.29, 1.82) is 0 Å².